The smallest absolute Gasteiger partial charge is 0.150 e. The first-order valence-electron chi connectivity index (χ1n) is 4.69. The number of benzene rings is 1. The summed E-state index contributed by atoms with van der Waals surface area (Å²) in [4.78, 5) is 11.7. The van der Waals surface area contributed by atoms with Gasteiger partial charge in [0.15, 0.2) is 0 Å². The SMILES string of the molecule is C[NH+](C)CCOc1ccc(C=O)cc1. The Bertz CT molecular complexity index is 280. The van der Waals surface area contributed by atoms with Gasteiger partial charge in [-0.1, -0.05) is 0 Å². The number of rotatable bonds is 5. The van der Waals surface area contributed by atoms with Crippen molar-refractivity contribution < 1.29 is 14.4 Å². The molecule has 0 heterocycles. The van der Waals surface area contributed by atoms with Gasteiger partial charge in [0.1, 0.15) is 25.2 Å². The highest BCUT2D eigenvalue weighted by Crippen LogP contribution is 2.10. The van der Waals surface area contributed by atoms with Crippen LogP contribution in [0.3, 0.4) is 0 Å². The monoisotopic (exact) mass is 194 g/mol. The molecule has 1 N–H and O–H groups in total. The van der Waals surface area contributed by atoms with Crippen LogP contribution in [-0.4, -0.2) is 33.5 Å². The van der Waals surface area contributed by atoms with Gasteiger partial charge in [-0.25, -0.2) is 0 Å². The molecule has 1 rings (SSSR count). The summed E-state index contributed by atoms with van der Waals surface area (Å²) in [7, 11) is 4.16. The minimum Gasteiger partial charge on any atom is -0.488 e. The molecule has 0 aliphatic carbocycles. The standard InChI is InChI=1S/C11H15NO2/c1-12(2)7-8-14-11-5-3-10(9-13)4-6-11/h3-6,9H,7-8H2,1-2H3/p+1. The predicted octanol–water partition coefficient (Wildman–Crippen LogP) is 0.0224. The van der Waals surface area contributed by atoms with Gasteiger partial charge in [0, 0.05) is 5.56 Å². The number of aldehydes is 1. The van der Waals surface area contributed by atoms with Gasteiger partial charge in [0.05, 0.1) is 14.1 Å². The Kier molecular flexibility index (Phi) is 4.13. The molecule has 0 fully saturated rings. The summed E-state index contributed by atoms with van der Waals surface area (Å²) in [6.07, 6.45) is 0.827. The van der Waals surface area contributed by atoms with Crippen molar-refractivity contribution in [1.29, 1.82) is 0 Å². The molecule has 0 saturated heterocycles. The summed E-state index contributed by atoms with van der Waals surface area (Å²) in [5, 5.41) is 0. The van der Waals surface area contributed by atoms with E-state index in [-0.39, 0.29) is 0 Å². The average molecular weight is 194 g/mol. The third-order valence-electron chi connectivity index (χ3n) is 1.89. The van der Waals surface area contributed by atoms with Crippen LogP contribution in [0.2, 0.25) is 0 Å². The first-order chi connectivity index (χ1) is 6.72. The summed E-state index contributed by atoms with van der Waals surface area (Å²) < 4.78 is 5.48. The number of hydrogen-bond acceptors (Lipinski definition) is 2. The third-order valence-corrected chi connectivity index (χ3v) is 1.89. The van der Waals surface area contributed by atoms with Crippen LogP contribution >= 0.6 is 0 Å². The van der Waals surface area contributed by atoms with Gasteiger partial charge in [-0.05, 0) is 24.3 Å². The zero-order valence-electron chi connectivity index (χ0n) is 8.62. The van der Waals surface area contributed by atoms with Crippen LogP contribution in [0.25, 0.3) is 0 Å². The topological polar surface area (TPSA) is 30.7 Å². The first kappa shape index (κ1) is 10.7. The summed E-state index contributed by atoms with van der Waals surface area (Å²) >= 11 is 0. The molecule has 0 aliphatic heterocycles. The molecule has 0 radical (unpaired) electrons. The second-order valence-corrected chi connectivity index (χ2v) is 3.49. The fraction of sp³-hybridized carbons (Fsp3) is 0.364. The Morgan fingerprint density at radius 2 is 1.93 bits per heavy atom. The van der Waals surface area contributed by atoms with E-state index in [2.05, 4.69) is 14.1 Å². The molecule has 0 atom stereocenters. The lowest BCUT2D eigenvalue weighted by Gasteiger charge is -2.08. The Morgan fingerprint density at radius 3 is 2.43 bits per heavy atom. The van der Waals surface area contributed by atoms with E-state index in [0.29, 0.717) is 12.2 Å². The Labute approximate surface area is 84.3 Å². The van der Waals surface area contributed by atoms with Gasteiger partial charge in [-0.15, -0.1) is 0 Å². The van der Waals surface area contributed by atoms with Crippen LogP contribution in [-0.2, 0) is 0 Å². The number of ether oxygens (including phenoxy) is 1. The van der Waals surface area contributed by atoms with Crippen LogP contribution in [0.5, 0.6) is 5.75 Å². The lowest BCUT2D eigenvalue weighted by atomic mass is 10.2. The van der Waals surface area contributed by atoms with Crippen LogP contribution in [0.15, 0.2) is 24.3 Å². The van der Waals surface area contributed by atoms with E-state index in [0.717, 1.165) is 18.6 Å². The second kappa shape index (κ2) is 5.40. The molecule has 1 aromatic carbocycles. The molecule has 3 heteroatoms. The number of carbonyl (C=O) groups excluding carboxylic acids is 1. The molecule has 0 amide bonds. The van der Waals surface area contributed by atoms with Gasteiger partial charge >= 0.3 is 0 Å². The fourth-order valence-corrected chi connectivity index (χ4v) is 1.02. The summed E-state index contributed by atoms with van der Waals surface area (Å²) in [6, 6.07) is 7.14. The zero-order chi connectivity index (χ0) is 10.4. The lowest BCUT2D eigenvalue weighted by Crippen LogP contribution is -3.06. The molecular formula is C11H16NO2+. The zero-order valence-corrected chi connectivity index (χ0v) is 8.62. The van der Waals surface area contributed by atoms with Crippen LogP contribution in [0, 0.1) is 0 Å². The van der Waals surface area contributed by atoms with Gasteiger partial charge < -0.3 is 9.64 Å². The Morgan fingerprint density at radius 1 is 1.29 bits per heavy atom. The number of nitrogens with one attached hydrogen (secondary N) is 1. The molecular weight excluding hydrogens is 178 g/mol. The van der Waals surface area contributed by atoms with Crippen LogP contribution < -0.4 is 9.64 Å². The molecule has 0 saturated carbocycles. The molecule has 0 bridgehead atoms. The van der Waals surface area contributed by atoms with Crippen molar-refractivity contribution in [2.24, 2.45) is 0 Å². The average Bonchev–Trinajstić information content (AvgIpc) is 2.18. The van der Waals surface area contributed by atoms with Crippen molar-refractivity contribution in [3.05, 3.63) is 29.8 Å². The molecule has 14 heavy (non-hydrogen) atoms. The van der Waals surface area contributed by atoms with Gasteiger partial charge in [-0.3, -0.25) is 4.79 Å². The highest BCUT2D eigenvalue weighted by atomic mass is 16.5. The quantitative estimate of drug-likeness (QED) is 0.670. The summed E-state index contributed by atoms with van der Waals surface area (Å²) in [6.45, 7) is 1.66. The summed E-state index contributed by atoms with van der Waals surface area (Å²) in [5.74, 6) is 0.817. The maximum absolute atomic E-state index is 10.4. The van der Waals surface area contributed by atoms with Gasteiger partial charge in [0.2, 0.25) is 0 Å². The van der Waals surface area contributed by atoms with E-state index in [9.17, 15) is 4.79 Å². The molecule has 1 aromatic rings. The minimum atomic E-state index is 0.676. The molecule has 0 aliphatic rings. The highest BCUT2D eigenvalue weighted by molar-refractivity contribution is 5.74. The van der Waals surface area contributed by atoms with E-state index in [1.807, 2.05) is 12.1 Å². The van der Waals surface area contributed by atoms with E-state index in [1.165, 1.54) is 4.90 Å². The van der Waals surface area contributed by atoms with Crippen molar-refractivity contribution in [2.75, 3.05) is 27.2 Å². The third kappa shape index (κ3) is 3.58. The molecule has 3 nitrogen and oxygen atoms in total. The predicted molar refractivity (Wildman–Crippen MR) is 55.0 cm³/mol. The molecule has 0 aromatic heterocycles. The Balaban J connectivity index is 2.40. The first-order valence-corrected chi connectivity index (χ1v) is 4.69. The van der Waals surface area contributed by atoms with Crippen LogP contribution in [0.1, 0.15) is 10.4 Å². The number of likely N-dealkylation sites (N-methyl/N-ethyl adjacent to an activating group) is 1. The van der Waals surface area contributed by atoms with Crippen molar-refractivity contribution in [3.8, 4) is 5.75 Å². The van der Waals surface area contributed by atoms with Crippen molar-refractivity contribution in [2.45, 2.75) is 0 Å². The lowest BCUT2D eigenvalue weighted by molar-refractivity contribution is -0.858. The number of carbonyl (C=O) groups is 1. The number of quaternary nitrogens is 1. The maximum atomic E-state index is 10.4. The highest BCUT2D eigenvalue weighted by Gasteiger charge is 1.96. The fourth-order valence-electron chi connectivity index (χ4n) is 1.02. The largest absolute Gasteiger partial charge is 0.488 e. The van der Waals surface area contributed by atoms with E-state index in [4.69, 9.17) is 4.74 Å². The Hall–Kier alpha value is -1.35. The van der Waals surface area contributed by atoms with Crippen LogP contribution in [0.4, 0.5) is 0 Å². The van der Waals surface area contributed by atoms with E-state index >= 15 is 0 Å². The molecule has 0 spiro atoms. The van der Waals surface area contributed by atoms with Crippen molar-refractivity contribution >= 4 is 6.29 Å². The van der Waals surface area contributed by atoms with Crippen molar-refractivity contribution in [3.63, 3.8) is 0 Å². The molecule has 0 unspecified atom stereocenters. The van der Waals surface area contributed by atoms with Crippen molar-refractivity contribution in [1.82, 2.24) is 0 Å². The summed E-state index contributed by atoms with van der Waals surface area (Å²) in [5.41, 5.74) is 0.676. The molecule has 76 valence electrons. The minimum absolute atomic E-state index is 0.676. The second-order valence-electron chi connectivity index (χ2n) is 3.49. The van der Waals surface area contributed by atoms with E-state index in [1.54, 1.807) is 12.1 Å². The van der Waals surface area contributed by atoms with Gasteiger partial charge in [-0.2, -0.15) is 0 Å². The van der Waals surface area contributed by atoms with Gasteiger partial charge in [0.25, 0.3) is 0 Å². The number of hydrogen-bond donors (Lipinski definition) is 1. The normalized spacial score (nSPS) is 10.2. The van der Waals surface area contributed by atoms with E-state index < -0.39 is 0 Å². The maximum Gasteiger partial charge on any atom is 0.150 e.